The zero-order valence-electron chi connectivity index (χ0n) is 11.2. The first-order valence-corrected chi connectivity index (χ1v) is 6.20. The summed E-state index contributed by atoms with van der Waals surface area (Å²) in [5.41, 5.74) is 6.94. The van der Waals surface area contributed by atoms with Crippen LogP contribution in [0.1, 0.15) is 16.8 Å². The van der Waals surface area contributed by atoms with E-state index in [1.54, 1.807) is 13.2 Å². The van der Waals surface area contributed by atoms with Gasteiger partial charge in [-0.2, -0.15) is 5.10 Å². The van der Waals surface area contributed by atoms with Crippen molar-refractivity contribution < 1.29 is 0 Å². The number of hydrogen-bond acceptors (Lipinski definition) is 3. The standard InChI is InChI=1S/C16H17N3/c1-13-6-8-14(9-7-13)16(19-17-2)11-10-15-5-3-4-12-18-15/h3-12,17H,1-2H3/b11-10+,19-16-. The number of aryl methyl sites for hydroxylation is 1. The van der Waals surface area contributed by atoms with Crippen molar-refractivity contribution in [1.29, 1.82) is 0 Å². The van der Waals surface area contributed by atoms with Gasteiger partial charge in [-0.15, -0.1) is 0 Å². The molecule has 0 saturated heterocycles. The molecule has 0 unspecified atom stereocenters. The summed E-state index contributed by atoms with van der Waals surface area (Å²) < 4.78 is 0. The Labute approximate surface area is 113 Å². The summed E-state index contributed by atoms with van der Waals surface area (Å²) in [4.78, 5) is 4.26. The molecule has 0 bridgehead atoms. The van der Waals surface area contributed by atoms with Crippen molar-refractivity contribution in [2.45, 2.75) is 6.92 Å². The zero-order chi connectivity index (χ0) is 13.5. The highest BCUT2D eigenvalue weighted by atomic mass is 15.3. The van der Waals surface area contributed by atoms with Gasteiger partial charge in [0, 0.05) is 18.8 Å². The van der Waals surface area contributed by atoms with E-state index < -0.39 is 0 Å². The van der Waals surface area contributed by atoms with Gasteiger partial charge in [0.25, 0.3) is 0 Å². The summed E-state index contributed by atoms with van der Waals surface area (Å²) in [7, 11) is 1.79. The Hall–Kier alpha value is -2.42. The van der Waals surface area contributed by atoms with E-state index in [9.17, 15) is 0 Å². The van der Waals surface area contributed by atoms with Gasteiger partial charge in [-0.25, -0.2) is 0 Å². The molecular weight excluding hydrogens is 234 g/mol. The summed E-state index contributed by atoms with van der Waals surface area (Å²) in [6.07, 6.45) is 5.69. The predicted molar refractivity (Wildman–Crippen MR) is 80.0 cm³/mol. The molecule has 96 valence electrons. The van der Waals surface area contributed by atoms with Crippen molar-refractivity contribution in [1.82, 2.24) is 10.4 Å². The topological polar surface area (TPSA) is 37.3 Å². The van der Waals surface area contributed by atoms with Crippen LogP contribution < -0.4 is 5.43 Å². The van der Waals surface area contributed by atoms with Crippen LogP contribution in [0.4, 0.5) is 0 Å². The molecule has 0 saturated carbocycles. The lowest BCUT2D eigenvalue weighted by Gasteiger charge is -2.02. The minimum atomic E-state index is 0.883. The molecule has 3 heteroatoms. The van der Waals surface area contributed by atoms with Crippen molar-refractivity contribution in [3.8, 4) is 0 Å². The molecule has 0 aliphatic rings. The summed E-state index contributed by atoms with van der Waals surface area (Å²) in [5.74, 6) is 0. The van der Waals surface area contributed by atoms with E-state index in [-0.39, 0.29) is 0 Å². The minimum absolute atomic E-state index is 0.883. The Morgan fingerprint density at radius 3 is 2.58 bits per heavy atom. The van der Waals surface area contributed by atoms with Crippen LogP contribution in [0.15, 0.2) is 59.8 Å². The number of hydrazone groups is 1. The third-order valence-corrected chi connectivity index (χ3v) is 2.68. The van der Waals surface area contributed by atoms with Crippen LogP contribution in [0.2, 0.25) is 0 Å². The highest BCUT2D eigenvalue weighted by Crippen LogP contribution is 2.07. The molecule has 1 aromatic carbocycles. The van der Waals surface area contributed by atoms with Gasteiger partial charge in [0.2, 0.25) is 0 Å². The van der Waals surface area contributed by atoms with Crippen molar-refractivity contribution in [3.63, 3.8) is 0 Å². The number of pyridine rings is 1. The average Bonchev–Trinajstić information content (AvgIpc) is 2.46. The van der Waals surface area contributed by atoms with Gasteiger partial charge in [-0.1, -0.05) is 35.9 Å². The second kappa shape index (κ2) is 6.50. The maximum absolute atomic E-state index is 4.29. The van der Waals surface area contributed by atoms with Crippen LogP contribution in [0.25, 0.3) is 6.08 Å². The second-order valence-electron chi connectivity index (χ2n) is 4.17. The van der Waals surface area contributed by atoms with Gasteiger partial charge in [-0.3, -0.25) is 4.98 Å². The monoisotopic (exact) mass is 251 g/mol. The lowest BCUT2D eigenvalue weighted by molar-refractivity contribution is 0.903. The van der Waals surface area contributed by atoms with Crippen LogP contribution in [0, 0.1) is 6.92 Å². The van der Waals surface area contributed by atoms with Gasteiger partial charge in [0.15, 0.2) is 0 Å². The molecule has 1 aromatic heterocycles. The first kappa shape index (κ1) is 13.0. The molecule has 0 amide bonds. The largest absolute Gasteiger partial charge is 0.313 e. The fourth-order valence-corrected chi connectivity index (χ4v) is 1.68. The van der Waals surface area contributed by atoms with E-state index in [0.717, 1.165) is 17.0 Å². The van der Waals surface area contributed by atoms with Crippen molar-refractivity contribution in [3.05, 3.63) is 71.6 Å². The lowest BCUT2D eigenvalue weighted by Crippen LogP contribution is -2.04. The smallest absolute Gasteiger partial charge is 0.0902 e. The van der Waals surface area contributed by atoms with Gasteiger partial charge in [0.1, 0.15) is 0 Å². The van der Waals surface area contributed by atoms with Crippen molar-refractivity contribution >= 4 is 11.8 Å². The van der Waals surface area contributed by atoms with E-state index in [4.69, 9.17) is 0 Å². The molecule has 1 heterocycles. The van der Waals surface area contributed by atoms with Gasteiger partial charge in [0.05, 0.1) is 11.4 Å². The number of hydrogen-bond donors (Lipinski definition) is 1. The first-order valence-electron chi connectivity index (χ1n) is 6.20. The van der Waals surface area contributed by atoms with Gasteiger partial charge >= 0.3 is 0 Å². The number of benzene rings is 1. The quantitative estimate of drug-likeness (QED) is 0.670. The summed E-state index contributed by atoms with van der Waals surface area (Å²) in [6, 6.07) is 14.1. The summed E-state index contributed by atoms with van der Waals surface area (Å²) in [5, 5.41) is 4.29. The van der Waals surface area contributed by atoms with E-state index in [1.165, 1.54) is 5.56 Å². The maximum Gasteiger partial charge on any atom is 0.0902 e. The fourth-order valence-electron chi connectivity index (χ4n) is 1.68. The SMILES string of the molecule is CN/N=C(/C=C/c1ccccn1)c1ccc(C)cc1. The lowest BCUT2D eigenvalue weighted by atomic mass is 10.1. The normalized spacial score (nSPS) is 11.8. The van der Waals surface area contributed by atoms with E-state index in [0.29, 0.717) is 0 Å². The molecule has 0 radical (unpaired) electrons. The third-order valence-electron chi connectivity index (χ3n) is 2.68. The average molecular weight is 251 g/mol. The Morgan fingerprint density at radius 1 is 1.16 bits per heavy atom. The Balaban J connectivity index is 2.24. The Bertz CT molecular complexity index is 569. The molecule has 0 aliphatic heterocycles. The summed E-state index contributed by atoms with van der Waals surface area (Å²) >= 11 is 0. The number of allylic oxidation sites excluding steroid dienone is 1. The first-order chi connectivity index (χ1) is 9.29. The molecule has 0 spiro atoms. The van der Waals surface area contributed by atoms with Crippen LogP contribution >= 0.6 is 0 Å². The third kappa shape index (κ3) is 3.78. The van der Waals surface area contributed by atoms with Crippen LogP contribution in [0.5, 0.6) is 0 Å². The number of rotatable bonds is 4. The number of nitrogens with zero attached hydrogens (tertiary/aromatic N) is 2. The molecule has 0 fully saturated rings. The Kier molecular flexibility index (Phi) is 4.45. The van der Waals surface area contributed by atoms with Crippen LogP contribution in [0.3, 0.4) is 0 Å². The molecule has 2 rings (SSSR count). The van der Waals surface area contributed by atoms with Gasteiger partial charge < -0.3 is 5.43 Å². The number of aromatic nitrogens is 1. The highest BCUT2D eigenvalue weighted by Gasteiger charge is 1.99. The minimum Gasteiger partial charge on any atom is -0.313 e. The molecule has 0 aliphatic carbocycles. The molecule has 0 atom stereocenters. The molecule has 1 N–H and O–H groups in total. The van der Waals surface area contributed by atoms with E-state index >= 15 is 0 Å². The van der Waals surface area contributed by atoms with Crippen molar-refractivity contribution in [2.24, 2.45) is 5.10 Å². The molecule has 2 aromatic rings. The Morgan fingerprint density at radius 2 is 1.95 bits per heavy atom. The maximum atomic E-state index is 4.29. The van der Waals surface area contributed by atoms with Crippen LogP contribution in [-0.2, 0) is 0 Å². The molecule has 3 nitrogen and oxygen atoms in total. The molecular formula is C16H17N3. The molecule has 19 heavy (non-hydrogen) atoms. The zero-order valence-corrected chi connectivity index (χ0v) is 11.2. The van der Waals surface area contributed by atoms with Crippen molar-refractivity contribution in [2.75, 3.05) is 7.05 Å². The van der Waals surface area contributed by atoms with Crippen LogP contribution in [-0.4, -0.2) is 17.7 Å². The predicted octanol–water partition coefficient (Wildman–Crippen LogP) is 3.03. The van der Waals surface area contributed by atoms with E-state index in [1.807, 2.05) is 30.4 Å². The summed E-state index contributed by atoms with van der Waals surface area (Å²) in [6.45, 7) is 2.07. The number of nitrogens with one attached hydrogen (secondary N) is 1. The second-order valence-corrected chi connectivity index (χ2v) is 4.17. The van der Waals surface area contributed by atoms with Gasteiger partial charge in [-0.05, 0) is 31.2 Å². The van der Waals surface area contributed by atoms with E-state index in [2.05, 4.69) is 46.7 Å². The fraction of sp³-hybridized carbons (Fsp3) is 0.125. The highest BCUT2D eigenvalue weighted by molar-refractivity contribution is 6.10.